The number of benzene rings is 2. The summed E-state index contributed by atoms with van der Waals surface area (Å²) in [5.41, 5.74) is 2.19. The molecule has 5 heteroatoms. The normalized spacial score (nSPS) is 17.4. The van der Waals surface area contributed by atoms with Crippen molar-refractivity contribution in [1.82, 2.24) is 0 Å². The molecular weight excluding hydrogens is 293 g/mol. The van der Waals surface area contributed by atoms with Crippen LogP contribution in [0.25, 0.3) is 0 Å². The van der Waals surface area contributed by atoms with Gasteiger partial charge < -0.3 is 10.0 Å². The molecule has 0 radical (unpaired) electrons. The van der Waals surface area contributed by atoms with E-state index in [0.717, 1.165) is 11.3 Å². The first-order valence-corrected chi connectivity index (χ1v) is 6.97. The zero-order valence-corrected chi connectivity index (χ0v) is 11.8. The fraction of sp³-hybridized carbons (Fsp3) is 0.188. The van der Waals surface area contributed by atoms with E-state index in [9.17, 15) is 14.3 Å². The van der Waals surface area contributed by atoms with Gasteiger partial charge in [0.2, 0.25) is 0 Å². The van der Waals surface area contributed by atoms with Crippen LogP contribution in [-0.2, 0) is 11.2 Å². The van der Waals surface area contributed by atoms with Crippen LogP contribution in [0.3, 0.4) is 0 Å². The molecule has 21 heavy (non-hydrogen) atoms. The monoisotopic (exact) mass is 305 g/mol. The fourth-order valence-electron chi connectivity index (χ4n) is 2.77. The van der Waals surface area contributed by atoms with Crippen LogP contribution in [0.2, 0.25) is 5.02 Å². The van der Waals surface area contributed by atoms with Gasteiger partial charge in [-0.2, -0.15) is 0 Å². The summed E-state index contributed by atoms with van der Waals surface area (Å²) in [6, 6.07) is 10.5. The molecule has 1 heterocycles. The molecule has 2 aromatic rings. The first-order valence-electron chi connectivity index (χ1n) is 6.59. The van der Waals surface area contributed by atoms with Gasteiger partial charge in [-0.15, -0.1) is 0 Å². The molecule has 3 nitrogen and oxygen atoms in total. The molecule has 1 aliphatic rings. The first kappa shape index (κ1) is 13.9. The predicted octanol–water partition coefficient (Wildman–Crippen LogP) is 3.67. The highest BCUT2D eigenvalue weighted by Gasteiger charge is 2.33. The molecule has 1 atom stereocenters. The Morgan fingerprint density at radius 2 is 1.95 bits per heavy atom. The maximum absolute atomic E-state index is 13.3. The van der Waals surface area contributed by atoms with E-state index in [-0.39, 0.29) is 5.82 Å². The molecule has 108 valence electrons. The fourth-order valence-corrected chi connectivity index (χ4v) is 2.90. The Morgan fingerprint density at radius 3 is 2.62 bits per heavy atom. The molecule has 1 unspecified atom stereocenters. The van der Waals surface area contributed by atoms with Crippen molar-refractivity contribution in [2.45, 2.75) is 12.5 Å². The summed E-state index contributed by atoms with van der Waals surface area (Å²) in [7, 11) is 0. The maximum Gasteiger partial charge on any atom is 0.331 e. The summed E-state index contributed by atoms with van der Waals surface area (Å²) in [5, 5.41) is 10.2. The van der Waals surface area contributed by atoms with E-state index in [1.165, 1.54) is 12.1 Å². The molecule has 0 fully saturated rings. The zero-order valence-electron chi connectivity index (χ0n) is 11.1. The SMILES string of the molecule is O=C(O)C1c2ccc(F)cc2CCN1c1ccc(Cl)cc1. The number of anilines is 1. The van der Waals surface area contributed by atoms with E-state index in [2.05, 4.69) is 0 Å². The molecule has 3 rings (SSSR count). The summed E-state index contributed by atoms with van der Waals surface area (Å²) < 4.78 is 13.3. The second-order valence-corrected chi connectivity index (χ2v) is 5.44. The molecular formula is C16H13ClFNO2. The second kappa shape index (κ2) is 5.37. The highest BCUT2D eigenvalue weighted by atomic mass is 35.5. The van der Waals surface area contributed by atoms with Gasteiger partial charge in [0, 0.05) is 17.3 Å². The van der Waals surface area contributed by atoms with E-state index in [1.54, 1.807) is 35.2 Å². The standard InChI is InChI=1S/C16H13ClFNO2/c17-11-1-4-13(5-2-11)19-8-7-10-9-12(18)3-6-14(10)15(19)16(20)21/h1-6,9,15H,7-8H2,(H,20,21). The van der Waals surface area contributed by atoms with Crippen molar-refractivity contribution in [3.05, 3.63) is 64.4 Å². The van der Waals surface area contributed by atoms with Gasteiger partial charge >= 0.3 is 5.97 Å². The Morgan fingerprint density at radius 1 is 1.24 bits per heavy atom. The van der Waals surface area contributed by atoms with Crippen molar-refractivity contribution in [2.24, 2.45) is 0 Å². The Bertz CT molecular complexity index is 687. The average Bonchev–Trinajstić information content (AvgIpc) is 2.46. The highest BCUT2D eigenvalue weighted by Crippen LogP contribution is 2.34. The average molecular weight is 306 g/mol. The lowest BCUT2D eigenvalue weighted by atomic mass is 9.92. The predicted molar refractivity (Wildman–Crippen MR) is 79.3 cm³/mol. The first-order chi connectivity index (χ1) is 10.1. The number of aliphatic carboxylic acids is 1. The Balaban J connectivity index is 2.05. The van der Waals surface area contributed by atoms with Crippen LogP contribution in [0.5, 0.6) is 0 Å². The summed E-state index contributed by atoms with van der Waals surface area (Å²) in [4.78, 5) is 13.5. The molecule has 1 N–H and O–H groups in total. The minimum atomic E-state index is -0.947. The van der Waals surface area contributed by atoms with E-state index < -0.39 is 12.0 Å². The second-order valence-electron chi connectivity index (χ2n) is 5.00. The minimum Gasteiger partial charge on any atom is -0.479 e. The van der Waals surface area contributed by atoms with E-state index in [0.29, 0.717) is 23.6 Å². The van der Waals surface area contributed by atoms with Gasteiger partial charge in [0.15, 0.2) is 6.04 Å². The third-order valence-electron chi connectivity index (χ3n) is 3.73. The number of carboxylic acids is 1. The third-order valence-corrected chi connectivity index (χ3v) is 3.98. The largest absolute Gasteiger partial charge is 0.479 e. The number of nitrogens with zero attached hydrogens (tertiary/aromatic N) is 1. The number of carbonyl (C=O) groups is 1. The molecule has 0 bridgehead atoms. The Kier molecular flexibility index (Phi) is 3.55. The highest BCUT2D eigenvalue weighted by molar-refractivity contribution is 6.30. The van der Waals surface area contributed by atoms with Gasteiger partial charge in [-0.3, -0.25) is 0 Å². The van der Waals surface area contributed by atoms with Crippen molar-refractivity contribution in [3.8, 4) is 0 Å². The number of fused-ring (bicyclic) bond motifs is 1. The molecule has 0 spiro atoms. The Hall–Kier alpha value is -2.07. The van der Waals surface area contributed by atoms with Crippen LogP contribution in [0.1, 0.15) is 17.2 Å². The number of hydrogen-bond acceptors (Lipinski definition) is 2. The van der Waals surface area contributed by atoms with Crippen LogP contribution in [0.4, 0.5) is 10.1 Å². The van der Waals surface area contributed by atoms with Gasteiger partial charge in [0.1, 0.15) is 5.82 Å². The lowest BCUT2D eigenvalue weighted by Gasteiger charge is -2.36. The smallest absolute Gasteiger partial charge is 0.331 e. The quantitative estimate of drug-likeness (QED) is 0.920. The van der Waals surface area contributed by atoms with Gasteiger partial charge in [0.25, 0.3) is 0 Å². The van der Waals surface area contributed by atoms with Crippen molar-refractivity contribution in [3.63, 3.8) is 0 Å². The van der Waals surface area contributed by atoms with E-state index in [1.807, 2.05) is 0 Å². The molecule has 1 aliphatic heterocycles. The van der Waals surface area contributed by atoms with E-state index >= 15 is 0 Å². The number of carboxylic acid groups (broad SMARTS) is 1. The molecule has 0 amide bonds. The lowest BCUT2D eigenvalue weighted by Crippen LogP contribution is -2.39. The number of halogens is 2. The summed E-state index contributed by atoms with van der Waals surface area (Å²) in [6.45, 7) is 0.523. The summed E-state index contributed by atoms with van der Waals surface area (Å²) in [5.74, 6) is -1.28. The van der Waals surface area contributed by atoms with Crippen molar-refractivity contribution in [2.75, 3.05) is 11.4 Å². The number of rotatable bonds is 2. The molecule has 0 aromatic heterocycles. The number of hydrogen-bond donors (Lipinski definition) is 1. The molecule has 2 aromatic carbocycles. The van der Waals surface area contributed by atoms with Crippen LogP contribution in [-0.4, -0.2) is 17.6 Å². The van der Waals surface area contributed by atoms with Crippen LogP contribution in [0.15, 0.2) is 42.5 Å². The van der Waals surface area contributed by atoms with E-state index in [4.69, 9.17) is 11.6 Å². The van der Waals surface area contributed by atoms with Crippen molar-refractivity contribution in [1.29, 1.82) is 0 Å². The van der Waals surface area contributed by atoms with Gasteiger partial charge in [-0.25, -0.2) is 9.18 Å². The Labute approximate surface area is 126 Å². The van der Waals surface area contributed by atoms with Gasteiger partial charge in [-0.05, 0) is 53.9 Å². The summed E-state index contributed by atoms with van der Waals surface area (Å²) in [6.07, 6.45) is 0.611. The lowest BCUT2D eigenvalue weighted by molar-refractivity contribution is -0.138. The topological polar surface area (TPSA) is 40.5 Å². The summed E-state index contributed by atoms with van der Waals surface area (Å²) >= 11 is 5.87. The molecule has 0 saturated heterocycles. The van der Waals surface area contributed by atoms with Crippen LogP contribution in [0, 0.1) is 5.82 Å². The molecule has 0 aliphatic carbocycles. The minimum absolute atomic E-state index is 0.335. The maximum atomic E-state index is 13.3. The van der Waals surface area contributed by atoms with Crippen LogP contribution < -0.4 is 4.90 Å². The van der Waals surface area contributed by atoms with Crippen molar-refractivity contribution >= 4 is 23.3 Å². The molecule has 0 saturated carbocycles. The van der Waals surface area contributed by atoms with Crippen molar-refractivity contribution < 1.29 is 14.3 Å². The van der Waals surface area contributed by atoms with Crippen LogP contribution >= 0.6 is 11.6 Å². The third kappa shape index (κ3) is 2.59. The van der Waals surface area contributed by atoms with Gasteiger partial charge in [-0.1, -0.05) is 17.7 Å². The zero-order chi connectivity index (χ0) is 15.0. The van der Waals surface area contributed by atoms with Gasteiger partial charge in [0.05, 0.1) is 0 Å².